The van der Waals surface area contributed by atoms with E-state index in [-0.39, 0.29) is 5.91 Å². The normalized spacial score (nSPS) is 15.4. The molecule has 0 saturated carbocycles. The average molecular weight is 381 g/mol. The smallest absolute Gasteiger partial charge is 0.253 e. The number of amides is 1. The van der Waals surface area contributed by atoms with Crippen LogP contribution in [0.25, 0.3) is 22.2 Å². The second kappa shape index (κ2) is 6.89. The van der Waals surface area contributed by atoms with Gasteiger partial charge in [0.15, 0.2) is 0 Å². The summed E-state index contributed by atoms with van der Waals surface area (Å²) >= 11 is 0. The van der Waals surface area contributed by atoms with Crippen molar-refractivity contribution in [3.8, 4) is 11.1 Å². The van der Waals surface area contributed by atoms with E-state index in [4.69, 9.17) is 4.98 Å². The number of carbonyl (C=O) groups excluding carboxylic acids is 1. The Labute approximate surface area is 170 Å². The molecule has 4 nitrogen and oxygen atoms in total. The minimum atomic E-state index is 0.0160. The van der Waals surface area contributed by atoms with Crippen LogP contribution in [-0.4, -0.2) is 34.5 Å². The van der Waals surface area contributed by atoms with Crippen molar-refractivity contribution < 1.29 is 4.79 Å². The zero-order valence-electron chi connectivity index (χ0n) is 16.7. The maximum atomic E-state index is 12.4. The van der Waals surface area contributed by atoms with Gasteiger partial charge in [0.2, 0.25) is 0 Å². The molecule has 2 heterocycles. The Hall–Kier alpha value is -3.40. The van der Waals surface area contributed by atoms with Crippen LogP contribution >= 0.6 is 0 Å². The highest BCUT2D eigenvalue weighted by atomic mass is 16.2. The number of rotatable bonds is 3. The number of nitrogens with zero attached hydrogens (tertiary/aromatic N) is 3. The summed E-state index contributed by atoms with van der Waals surface area (Å²) in [5.41, 5.74) is 6.37. The molecule has 1 aliphatic heterocycles. The predicted octanol–water partition coefficient (Wildman–Crippen LogP) is 4.94. The van der Waals surface area contributed by atoms with Gasteiger partial charge in [-0.2, -0.15) is 0 Å². The molecule has 4 aromatic rings. The zero-order chi connectivity index (χ0) is 20.0. The number of fused-ring (bicyclic) bond motifs is 3. The standard InChI is InChI=1S/C25H23N3O/c1-27(2)25(29)20-10-6-9-18(15-20)19-11-12-21-23(16-19)28-22(13-14-24(28)26-21)17-7-4-3-5-8-17/h3-12,15-16,22H,13-14H2,1-2H3. The molecule has 4 heteroatoms. The highest BCUT2D eigenvalue weighted by Gasteiger charge is 2.27. The van der Waals surface area contributed by atoms with Crippen molar-refractivity contribution in [3.63, 3.8) is 0 Å². The Morgan fingerprint density at radius 1 is 0.966 bits per heavy atom. The fourth-order valence-corrected chi connectivity index (χ4v) is 4.32. The Morgan fingerprint density at radius 2 is 1.76 bits per heavy atom. The number of aromatic nitrogens is 2. The van der Waals surface area contributed by atoms with Gasteiger partial charge in [0.25, 0.3) is 5.91 Å². The van der Waals surface area contributed by atoms with Crippen LogP contribution in [0.2, 0.25) is 0 Å². The van der Waals surface area contributed by atoms with Gasteiger partial charge >= 0.3 is 0 Å². The van der Waals surface area contributed by atoms with Gasteiger partial charge in [-0.05, 0) is 47.4 Å². The van der Waals surface area contributed by atoms with Crippen LogP contribution in [0.15, 0.2) is 72.8 Å². The highest BCUT2D eigenvalue weighted by Crippen LogP contribution is 2.36. The van der Waals surface area contributed by atoms with Crippen molar-refractivity contribution in [1.29, 1.82) is 0 Å². The van der Waals surface area contributed by atoms with Gasteiger partial charge in [-0.25, -0.2) is 4.98 Å². The van der Waals surface area contributed by atoms with E-state index in [1.54, 1.807) is 19.0 Å². The monoisotopic (exact) mass is 381 g/mol. The van der Waals surface area contributed by atoms with Gasteiger partial charge in [-0.15, -0.1) is 0 Å². The van der Waals surface area contributed by atoms with E-state index in [2.05, 4.69) is 59.2 Å². The summed E-state index contributed by atoms with van der Waals surface area (Å²) in [5.74, 6) is 1.17. The van der Waals surface area contributed by atoms with Gasteiger partial charge in [-0.3, -0.25) is 4.79 Å². The lowest BCUT2D eigenvalue weighted by Gasteiger charge is -2.15. The van der Waals surface area contributed by atoms with Crippen LogP contribution in [0.5, 0.6) is 0 Å². The Bertz CT molecular complexity index is 1210. The molecule has 1 amide bonds. The first-order valence-corrected chi connectivity index (χ1v) is 10.00. The molecule has 0 aliphatic carbocycles. The summed E-state index contributed by atoms with van der Waals surface area (Å²) in [7, 11) is 3.56. The first-order valence-electron chi connectivity index (χ1n) is 10.00. The molecule has 144 valence electrons. The fourth-order valence-electron chi connectivity index (χ4n) is 4.32. The number of hydrogen-bond acceptors (Lipinski definition) is 2. The molecule has 0 saturated heterocycles. The second-order valence-electron chi connectivity index (χ2n) is 7.85. The third-order valence-corrected chi connectivity index (χ3v) is 5.75. The first kappa shape index (κ1) is 17.7. The molecule has 5 rings (SSSR count). The summed E-state index contributed by atoms with van der Waals surface area (Å²) in [6.07, 6.45) is 2.08. The van der Waals surface area contributed by atoms with Crippen molar-refractivity contribution in [2.75, 3.05) is 14.1 Å². The van der Waals surface area contributed by atoms with Gasteiger partial charge in [0, 0.05) is 26.1 Å². The second-order valence-corrected chi connectivity index (χ2v) is 7.85. The number of hydrogen-bond donors (Lipinski definition) is 0. The highest BCUT2D eigenvalue weighted by molar-refractivity contribution is 5.95. The summed E-state index contributed by atoms with van der Waals surface area (Å²) in [6, 6.07) is 25.2. The van der Waals surface area contributed by atoms with Crippen molar-refractivity contribution in [2.24, 2.45) is 0 Å². The van der Waals surface area contributed by atoms with Gasteiger partial charge < -0.3 is 9.47 Å². The summed E-state index contributed by atoms with van der Waals surface area (Å²) in [5, 5.41) is 0. The van der Waals surface area contributed by atoms with Crippen molar-refractivity contribution >= 4 is 16.9 Å². The maximum Gasteiger partial charge on any atom is 0.253 e. The molecule has 29 heavy (non-hydrogen) atoms. The lowest BCUT2D eigenvalue weighted by atomic mass is 10.0. The van der Waals surface area contributed by atoms with E-state index >= 15 is 0 Å². The van der Waals surface area contributed by atoms with Crippen LogP contribution in [0.3, 0.4) is 0 Å². The lowest BCUT2D eigenvalue weighted by Crippen LogP contribution is -2.21. The molecule has 0 bridgehead atoms. The summed E-state index contributed by atoms with van der Waals surface area (Å²) in [6.45, 7) is 0. The number of benzene rings is 3. The first-order chi connectivity index (χ1) is 14.1. The largest absolute Gasteiger partial charge is 0.345 e. The van der Waals surface area contributed by atoms with Gasteiger partial charge in [-0.1, -0.05) is 48.5 Å². The number of aryl methyl sites for hydroxylation is 1. The topological polar surface area (TPSA) is 38.1 Å². The Morgan fingerprint density at radius 3 is 2.55 bits per heavy atom. The fraction of sp³-hybridized carbons (Fsp3) is 0.200. The quantitative estimate of drug-likeness (QED) is 0.504. The van der Waals surface area contributed by atoms with Gasteiger partial charge in [0.05, 0.1) is 17.1 Å². The van der Waals surface area contributed by atoms with E-state index in [0.717, 1.165) is 40.8 Å². The van der Waals surface area contributed by atoms with E-state index in [1.165, 1.54) is 5.56 Å². The molecule has 0 N–H and O–H groups in total. The maximum absolute atomic E-state index is 12.4. The molecular formula is C25H23N3O. The van der Waals surface area contributed by atoms with E-state index < -0.39 is 0 Å². The Balaban J connectivity index is 1.60. The molecule has 0 fully saturated rings. The third-order valence-electron chi connectivity index (χ3n) is 5.75. The van der Waals surface area contributed by atoms with E-state index in [9.17, 15) is 4.79 Å². The average Bonchev–Trinajstić information content (AvgIpc) is 3.32. The zero-order valence-corrected chi connectivity index (χ0v) is 16.7. The lowest BCUT2D eigenvalue weighted by molar-refractivity contribution is 0.0827. The molecule has 1 aliphatic rings. The van der Waals surface area contributed by atoms with Crippen molar-refractivity contribution in [3.05, 3.63) is 89.7 Å². The molecule has 1 aromatic heterocycles. The molecule has 1 atom stereocenters. The van der Waals surface area contributed by atoms with Crippen LogP contribution < -0.4 is 0 Å². The van der Waals surface area contributed by atoms with Crippen molar-refractivity contribution in [1.82, 2.24) is 14.5 Å². The minimum absolute atomic E-state index is 0.0160. The molecule has 0 spiro atoms. The Kier molecular flexibility index (Phi) is 4.20. The summed E-state index contributed by atoms with van der Waals surface area (Å²) < 4.78 is 2.39. The minimum Gasteiger partial charge on any atom is -0.345 e. The third kappa shape index (κ3) is 3.01. The van der Waals surface area contributed by atoms with E-state index in [0.29, 0.717) is 11.6 Å². The molecule has 1 unspecified atom stereocenters. The van der Waals surface area contributed by atoms with Gasteiger partial charge in [0.1, 0.15) is 5.82 Å². The van der Waals surface area contributed by atoms with Crippen LogP contribution in [0, 0.1) is 0 Å². The summed E-state index contributed by atoms with van der Waals surface area (Å²) in [4.78, 5) is 18.8. The van der Waals surface area contributed by atoms with Crippen LogP contribution in [0.1, 0.15) is 34.2 Å². The van der Waals surface area contributed by atoms with E-state index in [1.807, 2.05) is 18.2 Å². The number of imidazole rings is 1. The van der Waals surface area contributed by atoms with Crippen LogP contribution in [-0.2, 0) is 6.42 Å². The predicted molar refractivity (Wildman–Crippen MR) is 116 cm³/mol. The number of carbonyl (C=O) groups is 1. The van der Waals surface area contributed by atoms with Crippen molar-refractivity contribution in [2.45, 2.75) is 18.9 Å². The molecular weight excluding hydrogens is 358 g/mol. The molecule has 3 aromatic carbocycles. The SMILES string of the molecule is CN(C)C(=O)c1cccc(-c2ccc3nc4n(c3c2)C(c2ccccc2)CC4)c1. The van der Waals surface area contributed by atoms with Crippen LogP contribution in [0.4, 0.5) is 0 Å². The molecule has 0 radical (unpaired) electrons.